The zero-order valence-electron chi connectivity index (χ0n) is 11.8. The number of benzene rings is 1. The highest BCUT2D eigenvalue weighted by molar-refractivity contribution is 8.00. The third kappa shape index (κ3) is 6.13. The predicted octanol–water partition coefficient (Wildman–Crippen LogP) is 1.39. The highest BCUT2D eigenvalue weighted by Crippen LogP contribution is 2.19. The molecule has 7 heteroatoms. The minimum Gasteiger partial charge on any atom is -0.399 e. The fourth-order valence-electron chi connectivity index (χ4n) is 1.49. The molecule has 0 heterocycles. The molecule has 0 aromatic heterocycles. The average molecular weight is 318 g/mol. The van der Waals surface area contributed by atoms with Crippen molar-refractivity contribution in [3.8, 4) is 0 Å². The number of nitrogens with two attached hydrogens (primary N) is 1. The maximum atomic E-state index is 12.0. The number of nitrogen functional groups attached to an aromatic ring is 1. The molecule has 0 saturated heterocycles. The van der Waals surface area contributed by atoms with Crippen molar-refractivity contribution in [3.63, 3.8) is 0 Å². The van der Waals surface area contributed by atoms with Gasteiger partial charge in [-0.3, -0.25) is 0 Å². The van der Waals surface area contributed by atoms with Crippen LogP contribution in [0.5, 0.6) is 0 Å². The highest BCUT2D eigenvalue weighted by Gasteiger charge is 2.17. The van der Waals surface area contributed by atoms with Gasteiger partial charge in [-0.2, -0.15) is 0 Å². The Hall–Kier alpha value is -0.760. The quantitative estimate of drug-likeness (QED) is 0.559. The van der Waals surface area contributed by atoms with Gasteiger partial charge in [0.2, 0.25) is 10.0 Å². The van der Waals surface area contributed by atoms with E-state index in [-0.39, 0.29) is 5.75 Å². The van der Waals surface area contributed by atoms with Gasteiger partial charge in [-0.15, -0.1) is 11.8 Å². The molecule has 5 nitrogen and oxygen atoms in total. The van der Waals surface area contributed by atoms with E-state index in [9.17, 15) is 13.5 Å². The Bertz CT molecular complexity index is 501. The first kappa shape index (κ1) is 17.3. The summed E-state index contributed by atoms with van der Waals surface area (Å²) >= 11 is 1.49. The molecule has 0 fully saturated rings. The lowest BCUT2D eigenvalue weighted by atomic mass is 10.3. The molecule has 20 heavy (non-hydrogen) atoms. The predicted molar refractivity (Wildman–Crippen MR) is 84.3 cm³/mol. The molecule has 0 aliphatic heterocycles. The Morgan fingerprint density at radius 3 is 2.50 bits per heavy atom. The van der Waals surface area contributed by atoms with Crippen LogP contribution in [-0.2, 0) is 10.0 Å². The molecule has 0 saturated carbocycles. The van der Waals surface area contributed by atoms with Crippen molar-refractivity contribution in [2.24, 2.45) is 0 Å². The van der Waals surface area contributed by atoms with Gasteiger partial charge in [0.1, 0.15) is 0 Å². The molecule has 114 valence electrons. The van der Waals surface area contributed by atoms with Crippen LogP contribution in [-0.4, -0.2) is 49.0 Å². The normalized spacial score (nSPS) is 13.6. The number of aliphatic hydroxyl groups excluding tert-OH is 1. The van der Waals surface area contributed by atoms with Crippen molar-refractivity contribution >= 4 is 27.5 Å². The van der Waals surface area contributed by atoms with Crippen molar-refractivity contribution in [1.29, 1.82) is 0 Å². The number of sulfonamides is 1. The fourth-order valence-corrected chi connectivity index (χ4v) is 3.93. The van der Waals surface area contributed by atoms with Crippen molar-refractivity contribution < 1.29 is 13.5 Å². The van der Waals surface area contributed by atoms with Crippen LogP contribution in [0.25, 0.3) is 0 Å². The number of thioether (sulfide) groups is 1. The zero-order chi connectivity index (χ0) is 15.2. The van der Waals surface area contributed by atoms with Crippen molar-refractivity contribution in [2.75, 3.05) is 30.8 Å². The first-order valence-corrected chi connectivity index (χ1v) is 9.01. The van der Waals surface area contributed by atoms with Crippen molar-refractivity contribution in [2.45, 2.75) is 24.3 Å². The van der Waals surface area contributed by atoms with E-state index in [2.05, 4.69) is 0 Å². The van der Waals surface area contributed by atoms with Gasteiger partial charge in [0.25, 0.3) is 0 Å². The summed E-state index contributed by atoms with van der Waals surface area (Å²) in [6.45, 7) is 1.99. The SMILES string of the molecule is CC(O)CCN(C)S(=O)(=O)CCSc1ccc(N)cc1. The summed E-state index contributed by atoms with van der Waals surface area (Å²) in [6.07, 6.45) is -0.0438. The minimum atomic E-state index is -3.26. The number of hydrogen-bond acceptors (Lipinski definition) is 5. The van der Waals surface area contributed by atoms with E-state index < -0.39 is 16.1 Å². The Kier molecular flexibility index (Phi) is 6.81. The molecule has 0 aliphatic carbocycles. The van der Waals surface area contributed by atoms with E-state index in [1.54, 1.807) is 26.1 Å². The van der Waals surface area contributed by atoms with Gasteiger partial charge in [0.15, 0.2) is 0 Å². The molecule has 3 N–H and O–H groups in total. The molecular weight excluding hydrogens is 296 g/mol. The Labute approximate surface area is 125 Å². The van der Waals surface area contributed by atoms with Crippen LogP contribution in [0.4, 0.5) is 5.69 Å². The monoisotopic (exact) mass is 318 g/mol. The first-order chi connectivity index (χ1) is 9.31. The fraction of sp³-hybridized carbons (Fsp3) is 0.538. The lowest BCUT2D eigenvalue weighted by Gasteiger charge is -2.17. The molecule has 1 rings (SSSR count). The van der Waals surface area contributed by atoms with Crippen molar-refractivity contribution in [1.82, 2.24) is 4.31 Å². The topological polar surface area (TPSA) is 83.6 Å². The molecule has 1 aromatic rings. The maximum Gasteiger partial charge on any atom is 0.214 e. The van der Waals surface area contributed by atoms with E-state index in [4.69, 9.17) is 5.73 Å². The van der Waals surface area contributed by atoms with Crippen LogP contribution in [0.3, 0.4) is 0 Å². The summed E-state index contributed by atoms with van der Waals surface area (Å²) in [5.74, 6) is 0.573. The third-order valence-electron chi connectivity index (χ3n) is 2.83. The van der Waals surface area contributed by atoms with Crippen LogP contribution in [0.2, 0.25) is 0 Å². The second-order valence-electron chi connectivity index (χ2n) is 4.69. The first-order valence-electron chi connectivity index (χ1n) is 6.41. The number of rotatable bonds is 8. The van der Waals surface area contributed by atoms with E-state index >= 15 is 0 Å². The molecule has 0 radical (unpaired) electrons. The molecule has 0 spiro atoms. The van der Waals surface area contributed by atoms with E-state index in [1.165, 1.54) is 16.1 Å². The highest BCUT2D eigenvalue weighted by atomic mass is 32.2. The molecule has 0 amide bonds. The summed E-state index contributed by atoms with van der Waals surface area (Å²) in [5, 5.41) is 9.18. The molecular formula is C13H22N2O3S2. The maximum absolute atomic E-state index is 12.0. The van der Waals surface area contributed by atoms with E-state index in [1.807, 2.05) is 12.1 Å². The van der Waals surface area contributed by atoms with Gasteiger partial charge in [-0.25, -0.2) is 12.7 Å². The number of nitrogens with zero attached hydrogens (tertiary/aromatic N) is 1. The lowest BCUT2D eigenvalue weighted by molar-refractivity contribution is 0.177. The summed E-state index contributed by atoms with van der Waals surface area (Å²) in [4.78, 5) is 1.00. The van der Waals surface area contributed by atoms with Gasteiger partial charge in [0, 0.05) is 29.9 Å². The summed E-state index contributed by atoms with van der Waals surface area (Å²) in [5.41, 5.74) is 6.28. The van der Waals surface area contributed by atoms with Gasteiger partial charge in [0.05, 0.1) is 11.9 Å². The molecule has 1 unspecified atom stereocenters. The van der Waals surface area contributed by atoms with Crippen LogP contribution in [0.15, 0.2) is 29.2 Å². The van der Waals surface area contributed by atoms with Gasteiger partial charge >= 0.3 is 0 Å². The third-order valence-corrected chi connectivity index (χ3v) is 5.95. The van der Waals surface area contributed by atoms with Gasteiger partial charge < -0.3 is 10.8 Å². The largest absolute Gasteiger partial charge is 0.399 e. The smallest absolute Gasteiger partial charge is 0.214 e. The second-order valence-corrected chi connectivity index (χ2v) is 8.06. The molecule has 1 atom stereocenters. The summed E-state index contributed by atoms with van der Waals surface area (Å²) in [7, 11) is -1.71. The van der Waals surface area contributed by atoms with Gasteiger partial charge in [-0.05, 0) is 37.6 Å². The number of anilines is 1. The second kappa shape index (κ2) is 7.87. The summed E-state index contributed by atoms with van der Waals surface area (Å²) < 4.78 is 25.3. The zero-order valence-corrected chi connectivity index (χ0v) is 13.5. The average Bonchev–Trinajstić information content (AvgIpc) is 2.38. The Morgan fingerprint density at radius 2 is 1.95 bits per heavy atom. The summed E-state index contributed by atoms with van der Waals surface area (Å²) in [6, 6.07) is 7.35. The van der Waals surface area contributed by atoms with Crippen LogP contribution < -0.4 is 5.73 Å². The van der Waals surface area contributed by atoms with E-state index in [0.29, 0.717) is 24.4 Å². The van der Waals surface area contributed by atoms with Crippen LogP contribution in [0.1, 0.15) is 13.3 Å². The van der Waals surface area contributed by atoms with E-state index in [0.717, 1.165) is 4.90 Å². The standard InChI is InChI=1S/C13H22N2O3S2/c1-11(16)7-8-15(2)20(17,18)10-9-19-13-5-3-12(14)4-6-13/h3-6,11,16H,7-10,14H2,1-2H3. The molecule has 1 aromatic carbocycles. The van der Waals surface area contributed by atoms with Crippen LogP contribution >= 0.6 is 11.8 Å². The molecule has 0 bridgehead atoms. The lowest BCUT2D eigenvalue weighted by Crippen LogP contribution is -2.32. The number of aliphatic hydroxyl groups is 1. The minimum absolute atomic E-state index is 0.0817. The van der Waals surface area contributed by atoms with Gasteiger partial charge in [-0.1, -0.05) is 0 Å². The molecule has 0 aliphatic rings. The van der Waals surface area contributed by atoms with Crippen molar-refractivity contribution in [3.05, 3.63) is 24.3 Å². The number of hydrogen-bond donors (Lipinski definition) is 2. The Balaban J connectivity index is 2.41. The Morgan fingerprint density at radius 1 is 1.35 bits per heavy atom. The van der Waals surface area contributed by atoms with Crippen LogP contribution in [0, 0.1) is 0 Å².